The molecule has 1 nitrogen and oxygen atoms in total. The molecule has 2 saturated carbocycles. The summed E-state index contributed by atoms with van der Waals surface area (Å²) in [6.07, 6.45) is 27.8. The third-order valence-corrected chi connectivity index (χ3v) is 7.59. The van der Waals surface area contributed by atoms with Crippen LogP contribution in [0.25, 0.3) is 0 Å². The van der Waals surface area contributed by atoms with Crippen molar-refractivity contribution in [2.24, 2.45) is 17.8 Å². The van der Waals surface area contributed by atoms with Crippen LogP contribution in [0.2, 0.25) is 0 Å². The molecule has 27 heavy (non-hydrogen) atoms. The first-order chi connectivity index (χ1) is 13.3. The van der Waals surface area contributed by atoms with Crippen LogP contribution >= 0.6 is 0 Å². The van der Waals surface area contributed by atoms with Gasteiger partial charge in [0.25, 0.3) is 0 Å². The highest BCUT2D eigenvalue weighted by molar-refractivity contribution is 4.82. The van der Waals surface area contributed by atoms with Crippen LogP contribution in [0.3, 0.4) is 0 Å². The summed E-state index contributed by atoms with van der Waals surface area (Å²) < 4.78 is 6.22. The Hall–Kier alpha value is -0.0400. The molecule has 2 aliphatic rings. The molecule has 0 aliphatic heterocycles. The van der Waals surface area contributed by atoms with E-state index in [1.165, 1.54) is 122 Å². The predicted molar refractivity (Wildman–Crippen MR) is 119 cm³/mol. The number of hydrogen-bond acceptors (Lipinski definition) is 1. The van der Waals surface area contributed by atoms with Crippen molar-refractivity contribution in [3.8, 4) is 0 Å². The van der Waals surface area contributed by atoms with Gasteiger partial charge in [-0.15, -0.1) is 0 Å². The highest BCUT2D eigenvalue weighted by atomic mass is 16.5. The zero-order valence-electron chi connectivity index (χ0n) is 18.9. The molecule has 0 aromatic heterocycles. The molecule has 0 heterocycles. The Morgan fingerprint density at radius 2 is 1.07 bits per heavy atom. The summed E-state index contributed by atoms with van der Waals surface area (Å²) in [4.78, 5) is 0. The fraction of sp³-hybridized carbons (Fsp3) is 1.00. The minimum atomic E-state index is 0.590. The van der Waals surface area contributed by atoms with Gasteiger partial charge in [0.2, 0.25) is 0 Å². The van der Waals surface area contributed by atoms with Gasteiger partial charge in [-0.2, -0.15) is 0 Å². The van der Waals surface area contributed by atoms with Gasteiger partial charge >= 0.3 is 0 Å². The van der Waals surface area contributed by atoms with Crippen molar-refractivity contribution in [3.63, 3.8) is 0 Å². The molecule has 0 aromatic rings. The minimum Gasteiger partial charge on any atom is -0.378 e. The van der Waals surface area contributed by atoms with Crippen LogP contribution in [-0.2, 0) is 4.74 Å². The third kappa shape index (κ3) is 9.82. The van der Waals surface area contributed by atoms with Crippen molar-refractivity contribution < 1.29 is 4.74 Å². The van der Waals surface area contributed by atoms with Crippen LogP contribution in [0.5, 0.6) is 0 Å². The van der Waals surface area contributed by atoms with E-state index in [9.17, 15) is 0 Å². The van der Waals surface area contributed by atoms with Crippen molar-refractivity contribution in [2.75, 3.05) is 6.61 Å². The molecule has 2 fully saturated rings. The van der Waals surface area contributed by atoms with Crippen LogP contribution in [0.1, 0.15) is 136 Å². The van der Waals surface area contributed by atoms with Gasteiger partial charge < -0.3 is 4.74 Å². The van der Waals surface area contributed by atoms with Crippen molar-refractivity contribution in [2.45, 2.75) is 142 Å². The standard InChI is InChI=1S/C26H50O/c1-3-5-7-8-9-10-12-22-27-26-20-18-25(19-21-26)24-16-14-23(15-17-24)13-11-6-4-2/h23-26H,3-22H2,1-2H3. The molecule has 0 N–H and O–H groups in total. The van der Waals surface area contributed by atoms with Gasteiger partial charge in [-0.05, 0) is 62.7 Å². The number of ether oxygens (including phenoxy) is 1. The lowest BCUT2D eigenvalue weighted by Crippen LogP contribution is -2.28. The highest BCUT2D eigenvalue weighted by Gasteiger charge is 2.30. The number of hydrogen-bond donors (Lipinski definition) is 0. The minimum absolute atomic E-state index is 0.590. The topological polar surface area (TPSA) is 9.23 Å². The average Bonchev–Trinajstić information content (AvgIpc) is 2.71. The Balaban J connectivity index is 1.46. The van der Waals surface area contributed by atoms with E-state index in [0.717, 1.165) is 24.4 Å². The van der Waals surface area contributed by atoms with Crippen LogP contribution in [-0.4, -0.2) is 12.7 Å². The van der Waals surface area contributed by atoms with Crippen molar-refractivity contribution in [1.82, 2.24) is 0 Å². The molecule has 0 atom stereocenters. The lowest BCUT2D eigenvalue weighted by molar-refractivity contribution is 0.00526. The quantitative estimate of drug-likeness (QED) is 0.275. The first kappa shape index (κ1) is 23.2. The van der Waals surface area contributed by atoms with Crippen molar-refractivity contribution >= 4 is 0 Å². The monoisotopic (exact) mass is 378 g/mol. The number of unbranched alkanes of at least 4 members (excludes halogenated alkanes) is 8. The Kier molecular flexibility index (Phi) is 12.8. The van der Waals surface area contributed by atoms with Crippen LogP contribution in [0.15, 0.2) is 0 Å². The lowest BCUT2D eigenvalue weighted by Gasteiger charge is -2.38. The van der Waals surface area contributed by atoms with Crippen LogP contribution in [0, 0.1) is 17.8 Å². The predicted octanol–water partition coefficient (Wildman–Crippen LogP) is 8.70. The summed E-state index contributed by atoms with van der Waals surface area (Å²) >= 11 is 0. The second-order valence-corrected chi connectivity index (χ2v) is 9.81. The zero-order valence-corrected chi connectivity index (χ0v) is 18.9. The summed E-state index contributed by atoms with van der Waals surface area (Å²) in [5.74, 6) is 3.14. The summed E-state index contributed by atoms with van der Waals surface area (Å²) in [6, 6.07) is 0. The van der Waals surface area contributed by atoms with Gasteiger partial charge in [0, 0.05) is 6.61 Å². The van der Waals surface area contributed by atoms with Gasteiger partial charge in [-0.3, -0.25) is 0 Å². The van der Waals surface area contributed by atoms with E-state index in [2.05, 4.69) is 13.8 Å². The second kappa shape index (κ2) is 14.9. The molecular formula is C26H50O. The molecule has 160 valence electrons. The molecule has 2 aliphatic carbocycles. The summed E-state index contributed by atoms with van der Waals surface area (Å²) in [7, 11) is 0. The van der Waals surface area contributed by atoms with Gasteiger partial charge in [-0.25, -0.2) is 0 Å². The Morgan fingerprint density at radius 1 is 0.556 bits per heavy atom. The van der Waals surface area contributed by atoms with E-state index in [-0.39, 0.29) is 0 Å². The summed E-state index contributed by atoms with van der Waals surface area (Å²) in [5.41, 5.74) is 0. The molecule has 0 radical (unpaired) electrons. The highest BCUT2D eigenvalue weighted by Crippen LogP contribution is 2.41. The van der Waals surface area contributed by atoms with E-state index in [0.29, 0.717) is 6.10 Å². The zero-order chi connectivity index (χ0) is 19.2. The maximum atomic E-state index is 6.22. The van der Waals surface area contributed by atoms with E-state index >= 15 is 0 Å². The summed E-state index contributed by atoms with van der Waals surface area (Å²) in [6.45, 7) is 5.64. The first-order valence-electron chi connectivity index (χ1n) is 12.9. The number of rotatable bonds is 14. The van der Waals surface area contributed by atoms with Gasteiger partial charge in [0.05, 0.1) is 6.10 Å². The van der Waals surface area contributed by atoms with E-state index in [1.807, 2.05) is 0 Å². The van der Waals surface area contributed by atoms with Crippen molar-refractivity contribution in [3.05, 3.63) is 0 Å². The molecule has 0 spiro atoms. The molecular weight excluding hydrogens is 328 g/mol. The Bertz CT molecular complexity index is 323. The average molecular weight is 379 g/mol. The van der Waals surface area contributed by atoms with Crippen LogP contribution in [0.4, 0.5) is 0 Å². The molecule has 1 heteroatoms. The summed E-state index contributed by atoms with van der Waals surface area (Å²) in [5, 5.41) is 0. The normalized spacial score (nSPS) is 29.1. The molecule has 0 aromatic carbocycles. The third-order valence-electron chi connectivity index (χ3n) is 7.59. The maximum absolute atomic E-state index is 6.22. The molecule has 0 bridgehead atoms. The maximum Gasteiger partial charge on any atom is 0.0575 e. The van der Waals surface area contributed by atoms with Crippen molar-refractivity contribution in [1.29, 1.82) is 0 Å². The van der Waals surface area contributed by atoms with Gasteiger partial charge in [0.1, 0.15) is 0 Å². The Labute approximate surface area is 171 Å². The van der Waals surface area contributed by atoms with E-state index < -0.39 is 0 Å². The van der Waals surface area contributed by atoms with Gasteiger partial charge in [0.15, 0.2) is 0 Å². The van der Waals surface area contributed by atoms with E-state index in [4.69, 9.17) is 4.74 Å². The van der Waals surface area contributed by atoms with Crippen LogP contribution < -0.4 is 0 Å². The molecule has 0 saturated heterocycles. The lowest BCUT2D eigenvalue weighted by atomic mass is 9.70. The molecule has 0 amide bonds. The Morgan fingerprint density at radius 3 is 1.70 bits per heavy atom. The van der Waals surface area contributed by atoms with E-state index in [1.54, 1.807) is 0 Å². The fourth-order valence-corrected chi connectivity index (χ4v) is 5.67. The second-order valence-electron chi connectivity index (χ2n) is 9.81. The SMILES string of the molecule is CCCCCCCCCOC1CCC(C2CCC(CCCCC)CC2)CC1. The molecule has 2 rings (SSSR count). The van der Waals surface area contributed by atoms with Gasteiger partial charge in [-0.1, -0.05) is 90.9 Å². The fourth-order valence-electron chi connectivity index (χ4n) is 5.67. The smallest absolute Gasteiger partial charge is 0.0575 e. The first-order valence-corrected chi connectivity index (χ1v) is 12.9. The largest absolute Gasteiger partial charge is 0.378 e. The molecule has 0 unspecified atom stereocenters.